The molecule has 0 saturated carbocycles. The minimum Gasteiger partial charge on any atom is -0.347 e. The van der Waals surface area contributed by atoms with Gasteiger partial charge in [-0.2, -0.15) is 0 Å². The Morgan fingerprint density at radius 2 is 1.96 bits per heavy atom. The second kappa shape index (κ2) is 8.35. The molecule has 1 atom stereocenters. The minimum absolute atomic E-state index is 0.0176. The zero-order valence-corrected chi connectivity index (χ0v) is 18.1. The molecule has 0 aromatic carbocycles. The molecule has 0 spiro atoms. The Bertz CT molecular complexity index is 847. The van der Waals surface area contributed by atoms with Gasteiger partial charge in [0, 0.05) is 42.0 Å². The number of nitrogens with one attached hydrogen (secondary N) is 1. The zero-order chi connectivity index (χ0) is 19.7. The summed E-state index contributed by atoms with van der Waals surface area (Å²) in [5, 5.41) is 3.11. The molecule has 7 heteroatoms. The molecular formula is C21H27N3O2S2. The van der Waals surface area contributed by atoms with Crippen LogP contribution in [0.5, 0.6) is 0 Å². The van der Waals surface area contributed by atoms with Gasteiger partial charge in [-0.3, -0.25) is 9.59 Å². The Kier molecular flexibility index (Phi) is 5.85. The topological polar surface area (TPSA) is 52.7 Å². The molecule has 2 aromatic heterocycles. The Labute approximate surface area is 174 Å². The van der Waals surface area contributed by atoms with Gasteiger partial charge in [0.15, 0.2) is 0 Å². The van der Waals surface area contributed by atoms with Crippen molar-refractivity contribution in [1.29, 1.82) is 0 Å². The van der Waals surface area contributed by atoms with E-state index in [-0.39, 0.29) is 17.9 Å². The summed E-state index contributed by atoms with van der Waals surface area (Å²) in [5.41, 5.74) is 1.34. The van der Waals surface area contributed by atoms with Crippen molar-refractivity contribution in [3.05, 3.63) is 43.3 Å². The monoisotopic (exact) mass is 417 g/mol. The molecule has 1 fully saturated rings. The molecule has 1 N–H and O–H groups in total. The molecule has 0 unspecified atom stereocenters. The van der Waals surface area contributed by atoms with E-state index in [1.54, 1.807) is 22.7 Å². The Morgan fingerprint density at radius 1 is 1.14 bits per heavy atom. The van der Waals surface area contributed by atoms with Gasteiger partial charge < -0.3 is 15.1 Å². The summed E-state index contributed by atoms with van der Waals surface area (Å²) in [6.45, 7) is 5.51. The van der Waals surface area contributed by atoms with Crippen molar-refractivity contribution >= 4 is 34.5 Å². The molecule has 0 radical (unpaired) electrons. The van der Waals surface area contributed by atoms with Gasteiger partial charge in [0.2, 0.25) is 0 Å². The highest BCUT2D eigenvalue weighted by Crippen LogP contribution is 2.28. The van der Waals surface area contributed by atoms with E-state index >= 15 is 0 Å². The van der Waals surface area contributed by atoms with Crippen LogP contribution in [-0.2, 0) is 19.3 Å². The number of aryl methyl sites for hydroxylation is 1. The number of rotatable bonds is 4. The highest BCUT2D eigenvalue weighted by Gasteiger charge is 2.30. The average Bonchev–Trinajstić information content (AvgIpc) is 3.41. The van der Waals surface area contributed by atoms with E-state index in [1.165, 1.54) is 15.3 Å². The molecule has 4 rings (SSSR count). The number of amides is 2. The molecule has 2 aliphatic heterocycles. The fourth-order valence-electron chi connectivity index (χ4n) is 3.88. The Morgan fingerprint density at radius 3 is 2.75 bits per heavy atom. The lowest BCUT2D eigenvalue weighted by Gasteiger charge is -2.16. The molecule has 150 valence electrons. The lowest BCUT2D eigenvalue weighted by molar-refractivity contribution is 0.0788. The van der Waals surface area contributed by atoms with Crippen molar-refractivity contribution in [2.24, 2.45) is 0 Å². The van der Waals surface area contributed by atoms with E-state index in [4.69, 9.17) is 0 Å². The number of nitrogens with zero attached hydrogens (tertiary/aromatic N) is 2. The summed E-state index contributed by atoms with van der Waals surface area (Å²) in [7, 11) is 2.15. The highest BCUT2D eigenvalue weighted by atomic mass is 32.1. The van der Waals surface area contributed by atoms with Gasteiger partial charge in [-0.25, -0.2) is 0 Å². The van der Waals surface area contributed by atoms with Crippen LogP contribution in [0.25, 0.3) is 0 Å². The van der Waals surface area contributed by atoms with Crippen molar-refractivity contribution in [1.82, 2.24) is 15.1 Å². The number of carbonyl (C=O) groups is 2. The first-order valence-electron chi connectivity index (χ1n) is 10.0. The number of hydrogen-bond acceptors (Lipinski definition) is 5. The van der Waals surface area contributed by atoms with Gasteiger partial charge in [0.1, 0.15) is 0 Å². The highest BCUT2D eigenvalue weighted by molar-refractivity contribution is 7.14. The van der Waals surface area contributed by atoms with Crippen LogP contribution in [0.4, 0.5) is 0 Å². The zero-order valence-electron chi connectivity index (χ0n) is 16.5. The smallest absolute Gasteiger partial charge is 0.264 e. The molecule has 2 amide bonds. The van der Waals surface area contributed by atoms with Gasteiger partial charge in [0.25, 0.3) is 11.8 Å². The predicted octanol–water partition coefficient (Wildman–Crippen LogP) is 3.05. The van der Waals surface area contributed by atoms with Crippen LogP contribution in [0.15, 0.2) is 18.2 Å². The summed E-state index contributed by atoms with van der Waals surface area (Å²) in [4.78, 5) is 33.9. The number of likely N-dealkylation sites (N-methyl/N-ethyl adjacent to an activating group) is 1. The maximum absolute atomic E-state index is 13.0. The van der Waals surface area contributed by atoms with Crippen LogP contribution >= 0.6 is 22.7 Å². The number of thiophene rings is 2. The fraction of sp³-hybridized carbons (Fsp3) is 0.524. The first kappa shape index (κ1) is 19.6. The second-order valence-electron chi connectivity index (χ2n) is 7.69. The van der Waals surface area contributed by atoms with E-state index in [2.05, 4.69) is 30.3 Å². The van der Waals surface area contributed by atoms with Crippen LogP contribution in [0.1, 0.15) is 48.0 Å². The maximum atomic E-state index is 13.0. The van der Waals surface area contributed by atoms with Crippen LogP contribution in [0.2, 0.25) is 0 Å². The quantitative estimate of drug-likeness (QED) is 0.832. The van der Waals surface area contributed by atoms with E-state index in [0.29, 0.717) is 13.1 Å². The minimum atomic E-state index is -0.0176. The summed E-state index contributed by atoms with van der Waals surface area (Å²) in [6.07, 6.45) is 3.82. The number of carbonyl (C=O) groups excluding carboxylic acids is 2. The first-order chi connectivity index (χ1) is 13.5. The van der Waals surface area contributed by atoms with E-state index in [0.717, 1.165) is 48.5 Å². The normalized spacial score (nSPS) is 20.1. The number of fused-ring (bicyclic) bond motifs is 1. The van der Waals surface area contributed by atoms with Gasteiger partial charge >= 0.3 is 0 Å². The largest absolute Gasteiger partial charge is 0.347 e. The second-order valence-corrected chi connectivity index (χ2v) is 10.00. The lowest BCUT2D eigenvalue weighted by atomic mass is 10.1. The molecule has 1 saturated heterocycles. The van der Waals surface area contributed by atoms with Gasteiger partial charge in [0.05, 0.1) is 9.75 Å². The first-order valence-corrected chi connectivity index (χ1v) is 11.7. The average molecular weight is 418 g/mol. The van der Waals surface area contributed by atoms with E-state index in [9.17, 15) is 9.59 Å². The Balaban J connectivity index is 1.35. The van der Waals surface area contributed by atoms with E-state index in [1.807, 2.05) is 17.0 Å². The van der Waals surface area contributed by atoms with Crippen LogP contribution < -0.4 is 5.32 Å². The van der Waals surface area contributed by atoms with Gasteiger partial charge in [-0.15, -0.1) is 22.7 Å². The molecule has 2 aliphatic rings. The molecule has 0 aliphatic carbocycles. The molecular weight excluding hydrogens is 390 g/mol. The number of likely N-dealkylation sites (tertiary alicyclic amines) is 1. The van der Waals surface area contributed by atoms with Crippen LogP contribution in [0, 0.1) is 0 Å². The fourth-order valence-corrected chi connectivity index (χ4v) is 5.89. The SMILES string of the molecule is CCc1ccc(C(=O)N[C@@H]2CCN(C(=O)c3cc4c(s3)CCN(C)CC4)C2)s1. The standard InChI is InChI=1S/C21H27N3O2S2/c1-3-16-4-5-18(27-16)20(25)22-15-7-11-24(13-15)21(26)19-12-14-6-9-23(2)10-8-17(14)28-19/h4-5,12,15H,3,6-11,13H2,1-2H3,(H,22,25)/t15-/m1/s1. The van der Waals surface area contributed by atoms with E-state index < -0.39 is 0 Å². The molecule has 0 bridgehead atoms. The van der Waals surface area contributed by atoms with Crippen molar-refractivity contribution in [2.45, 2.75) is 38.6 Å². The van der Waals surface area contributed by atoms with Crippen molar-refractivity contribution < 1.29 is 9.59 Å². The molecule has 5 nitrogen and oxygen atoms in total. The van der Waals surface area contributed by atoms with Crippen molar-refractivity contribution in [3.63, 3.8) is 0 Å². The third kappa shape index (κ3) is 4.16. The maximum Gasteiger partial charge on any atom is 0.264 e. The third-order valence-corrected chi connectivity index (χ3v) is 8.09. The van der Waals surface area contributed by atoms with Crippen LogP contribution in [-0.4, -0.2) is 60.9 Å². The number of hydrogen-bond donors (Lipinski definition) is 1. The Hall–Kier alpha value is -1.70. The third-order valence-electron chi connectivity index (χ3n) is 5.64. The van der Waals surface area contributed by atoms with Crippen molar-refractivity contribution in [3.8, 4) is 0 Å². The van der Waals surface area contributed by atoms with Crippen molar-refractivity contribution in [2.75, 3.05) is 33.2 Å². The predicted molar refractivity (Wildman–Crippen MR) is 115 cm³/mol. The lowest BCUT2D eigenvalue weighted by Crippen LogP contribution is -2.38. The summed E-state index contributed by atoms with van der Waals surface area (Å²) in [6, 6.07) is 6.05. The van der Waals surface area contributed by atoms with Crippen LogP contribution in [0.3, 0.4) is 0 Å². The van der Waals surface area contributed by atoms with Gasteiger partial charge in [-0.1, -0.05) is 6.92 Å². The molecule has 4 heterocycles. The summed E-state index contributed by atoms with van der Waals surface area (Å²) >= 11 is 3.21. The molecule has 2 aromatic rings. The molecule has 28 heavy (non-hydrogen) atoms. The van der Waals surface area contributed by atoms with Gasteiger partial charge in [-0.05, 0) is 56.5 Å². The summed E-state index contributed by atoms with van der Waals surface area (Å²) in [5.74, 6) is 0.100. The summed E-state index contributed by atoms with van der Waals surface area (Å²) < 4.78 is 0.